The van der Waals surface area contributed by atoms with Gasteiger partial charge in [-0.15, -0.1) is 0 Å². The third-order valence-corrected chi connectivity index (χ3v) is 5.83. The molecular formula is C17H23N. The van der Waals surface area contributed by atoms with Gasteiger partial charge in [0, 0.05) is 5.69 Å². The first-order valence-electron chi connectivity index (χ1n) is 7.56. The van der Waals surface area contributed by atoms with Gasteiger partial charge in [-0.2, -0.15) is 0 Å². The smallest absolute Gasteiger partial charge is 0.0352 e. The van der Waals surface area contributed by atoms with Gasteiger partial charge in [0.25, 0.3) is 0 Å². The van der Waals surface area contributed by atoms with Gasteiger partial charge < -0.3 is 5.73 Å². The second-order valence-electron chi connectivity index (χ2n) is 7.09. The predicted octanol–water partition coefficient (Wildman–Crippen LogP) is 4.12. The second kappa shape index (κ2) is 3.76. The molecule has 0 unspecified atom stereocenters. The molecule has 0 atom stereocenters. The first-order valence-corrected chi connectivity index (χ1v) is 7.56. The molecule has 0 aliphatic heterocycles. The molecule has 1 nitrogen and oxygen atoms in total. The summed E-state index contributed by atoms with van der Waals surface area (Å²) in [6, 6.07) is 6.73. The Hall–Kier alpha value is -0.980. The highest BCUT2D eigenvalue weighted by molar-refractivity contribution is 5.51. The standard InChI is InChI=1S/C17H23N/c1-10-2-3-15(16(18)4-10)17-13-6-11-5-12(8-13)9-14(17)7-11/h2-4,11-14,17H,5-9,18H2,1H3. The van der Waals surface area contributed by atoms with Crippen molar-refractivity contribution in [1.82, 2.24) is 0 Å². The van der Waals surface area contributed by atoms with Gasteiger partial charge in [-0.3, -0.25) is 0 Å². The van der Waals surface area contributed by atoms with Gasteiger partial charge in [-0.25, -0.2) is 0 Å². The van der Waals surface area contributed by atoms with Gasteiger partial charge in [0.15, 0.2) is 0 Å². The molecule has 4 saturated carbocycles. The van der Waals surface area contributed by atoms with Crippen LogP contribution in [0.1, 0.15) is 49.1 Å². The number of rotatable bonds is 1. The molecule has 0 saturated heterocycles. The highest BCUT2D eigenvalue weighted by Gasteiger charge is 2.48. The van der Waals surface area contributed by atoms with Gasteiger partial charge in [0.05, 0.1) is 0 Å². The van der Waals surface area contributed by atoms with Gasteiger partial charge in [0.2, 0.25) is 0 Å². The Morgan fingerprint density at radius 2 is 1.56 bits per heavy atom. The Labute approximate surface area is 110 Å². The van der Waals surface area contributed by atoms with E-state index in [1.54, 1.807) is 0 Å². The SMILES string of the molecule is Cc1ccc(C2C3CC4CC(C3)CC2C4)c(N)c1. The number of hydrogen-bond acceptors (Lipinski definition) is 1. The zero-order chi connectivity index (χ0) is 12.3. The molecule has 0 radical (unpaired) electrons. The molecule has 18 heavy (non-hydrogen) atoms. The maximum Gasteiger partial charge on any atom is 0.0352 e. The van der Waals surface area contributed by atoms with Crippen molar-refractivity contribution in [3.63, 3.8) is 0 Å². The molecule has 2 N–H and O–H groups in total. The Morgan fingerprint density at radius 1 is 0.944 bits per heavy atom. The van der Waals surface area contributed by atoms with Crippen LogP contribution in [-0.2, 0) is 0 Å². The zero-order valence-corrected chi connectivity index (χ0v) is 11.2. The number of hydrogen-bond donors (Lipinski definition) is 1. The minimum absolute atomic E-state index is 0.776. The monoisotopic (exact) mass is 241 g/mol. The van der Waals surface area contributed by atoms with Crippen LogP contribution in [-0.4, -0.2) is 0 Å². The molecule has 4 bridgehead atoms. The van der Waals surface area contributed by atoms with Crippen molar-refractivity contribution in [2.75, 3.05) is 5.73 Å². The van der Waals surface area contributed by atoms with Crippen LogP contribution in [0.25, 0.3) is 0 Å². The quantitative estimate of drug-likeness (QED) is 0.735. The highest BCUT2D eigenvalue weighted by Crippen LogP contribution is 2.60. The highest BCUT2D eigenvalue weighted by atomic mass is 14.6. The van der Waals surface area contributed by atoms with E-state index in [0.717, 1.165) is 35.3 Å². The van der Waals surface area contributed by atoms with Gasteiger partial charge in [0.1, 0.15) is 0 Å². The number of aryl methyl sites for hydroxylation is 1. The Balaban J connectivity index is 1.72. The third kappa shape index (κ3) is 1.52. The van der Waals surface area contributed by atoms with E-state index in [-0.39, 0.29) is 0 Å². The average Bonchev–Trinajstić information content (AvgIpc) is 2.30. The van der Waals surface area contributed by atoms with Crippen LogP contribution in [0.3, 0.4) is 0 Å². The summed E-state index contributed by atoms with van der Waals surface area (Å²) in [5, 5.41) is 0. The van der Waals surface area contributed by atoms with E-state index in [1.807, 2.05) is 0 Å². The molecule has 1 aromatic carbocycles. The maximum absolute atomic E-state index is 6.30. The van der Waals surface area contributed by atoms with Crippen molar-refractivity contribution < 1.29 is 0 Å². The van der Waals surface area contributed by atoms with E-state index in [2.05, 4.69) is 25.1 Å². The van der Waals surface area contributed by atoms with E-state index in [9.17, 15) is 0 Å². The summed E-state index contributed by atoms with van der Waals surface area (Å²) in [6.45, 7) is 2.14. The van der Waals surface area contributed by atoms with Crippen LogP contribution in [0.2, 0.25) is 0 Å². The fourth-order valence-electron chi connectivity index (χ4n) is 5.43. The Morgan fingerprint density at radius 3 is 2.11 bits per heavy atom. The van der Waals surface area contributed by atoms with Crippen molar-refractivity contribution in [2.24, 2.45) is 23.7 Å². The van der Waals surface area contributed by atoms with Gasteiger partial charge >= 0.3 is 0 Å². The maximum atomic E-state index is 6.30. The molecule has 1 heteroatoms. The fourth-order valence-corrected chi connectivity index (χ4v) is 5.43. The van der Waals surface area contributed by atoms with Crippen molar-refractivity contribution in [2.45, 2.75) is 44.9 Å². The topological polar surface area (TPSA) is 26.0 Å². The molecular weight excluding hydrogens is 218 g/mol. The third-order valence-electron chi connectivity index (χ3n) is 5.83. The van der Waals surface area contributed by atoms with Crippen LogP contribution in [0.5, 0.6) is 0 Å². The molecule has 5 rings (SSSR count). The zero-order valence-electron chi connectivity index (χ0n) is 11.2. The molecule has 0 amide bonds. The lowest BCUT2D eigenvalue weighted by molar-refractivity contribution is -0.00255. The summed E-state index contributed by atoms with van der Waals surface area (Å²) in [6.07, 6.45) is 7.44. The summed E-state index contributed by atoms with van der Waals surface area (Å²) in [5.74, 6) is 4.75. The van der Waals surface area contributed by atoms with Crippen LogP contribution in [0.4, 0.5) is 5.69 Å². The minimum Gasteiger partial charge on any atom is -0.398 e. The lowest BCUT2D eigenvalue weighted by atomic mass is 9.50. The van der Waals surface area contributed by atoms with Crippen LogP contribution < -0.4 is 5.73 Å². The molecule has 0 heterocycles. The number of benzene rings is 1. The average molecular weight is 241 g/mol. The Kier molecular flexibility index (Phi) is 2.27. The second-order valence-corrected chi connectivity index (χ2v) is 7.09. The first-order chi connectivity index (χ1) is 8.70. The summed E-state index contributed by atoms with van der Waals surface area (Å²) in [5.41, 5.74) is 10.1. The molecule has 0 spiro atoms. The van der Waals surface area contributed by atoms with Crippen LogP contribution in [0, 0.1) is 30.6 Å². The largest absolute Gasteiger partial charge is 0.398 e. The Bertz CT molecular complexity index is 448. The molecule has 4 aliphatic carbocycles. The fraction of sp³-hybridized carbons (Fsp3) is 0.647. The van der Waals surface area contributed by atoms with Crippen molar-refractivity contribution in [3.05, 3.63) is 29.3 Å². The van der Waals surface area contributed by atoms with E-state index in [4.69, 9.17) is 5.73 Å². The summed E-state index contributed by atoms with van der Waals surface area (Å²) < 4.78 is 0. The van der Waals surface area contributed by atoms with Crippen molar-refractivity contribution >= 4 is 5.69 Å². The van der Waals surface area contributed by atoms with Crippen LogP contribution >= 0.6 is 0 Å². The van der Waals surface area contributed by atoms with E-state index < -0.39 is 0 Å². The van der Waals surface area contributed by atoms with Gasteiger partial charge in [-0.05, 0) is 85.8 Å². The predicted molar refractivity (Wildman–Crippen MR) is 75.4 cm³/mol. The molecule has 0 aromatic heterocycles. The summed E-state index contributed by atoms with van der Waals surface area (Å²) >= 11 is 0. The molecule has 96 valence electrons. The van der Waals surface area contributed by atoms with E-state index >= 15 is 0 Å². The van der Waals surface area contributed by atoms with Crippen molar-refractivity contribution in [3.8, 4) is 0 Å². The number of nitrogens with two attached hydrogens (primary N) is 1. The normalized spacial score (nSPS) is 41.3. The number of nitrogen functional groups attached to an aromatic ring is 1. The van der Waals surface area contributed by atoms with Crippen molar-refractivity contribution in [1.29, 1.82) is 0 Å². The summed E-state index contributed by atoms with van der Waals surface area (Å²) in [7, 11) is 0. The minimum atomic E-state index is 0.776. The first kappa shape index (κ1) is 10.9. The molecule has 4 fully saturated rings. The molecule has 4 aliphatic rings. The lowest BCUT2D eigenvalue weighted by Gasteiger charge is -2.54. The van der Waals surface area contributed by atoms with Gasteiger partial charge in [-0.1, -0.05) is 12.1 Å². The van der Waals surface area contributed by atoms with E-state index in [1.165, 1.54) is 43.2 Å². The van der Waals surface area contributed by atoms with E-state index in [0.29, 0.717) is 0 Å². The molecule has 1 aromatic rings. The van der Waals surface area contributed by atoms with Crippen LogP contribution in [0.15, 0.2) is 18.2 Å². The summed E-state index contributed by atoms with van der Waals surface area (Å²) in [4.78, 5) is 0. The lowest BCUT2D eigenvalue weighted by Crippen LogP contribution is -2.43. The number of anilines is 1.